The highest BCUT2D eigenvalue weighted by Crippen LogP contribution is 2.17. The van der Waals surface area contributed by atoms with Gasteiger partial charge in [-0.3, -0.25) is 0 Å². The molecule has 1 fully saturated rings. The number of nitrogens with zero attached hydrogens (tertiary/aromatic N) is 3. The van der Waals surface area contributed by atoms with Gasteiger partial charge in [-0.1, -0.05) is 6.92 Å². The van der Waals surface area contributed by atoms with Gasteiger partial charge in [0.2, 0.25) is 0 Å². The van der Waals surface area contributed by atoms with E-state index in [1.807, 2.05) is 0 Å². The zero-order valence-corrected chi connectivity index (χ0v) is 14.7. The molecule has 0 spiro atoms. The molecule has 120 valence electrons. The van der Waals surface area contributed by atoms with Gasteiger partial charge in [-0.05, 0) is 53.5 Å². The minimum absolute atomic E-state index is 0.487. The van der Waals surface area contributed by atoms with Gasteiger partial charge >= 0.3 is 0 Å². The zero-order chi connectivity index (χ0) is 15.2. The second kappa shape index (κ2) is 8.22. The molecule has 0 radical (unpaired) electrons. The topological polar surface area (TPSA) is 31.4 Å². The molecule has 21 heavy (non-hydrogen) atoms. The van der Waals surface area contributed by atoms with Crippen molar-refractivity contribution in [3.8, 4) is 0 Å². The van der Waals surface area contributed by atoms with Crippen LogP contribution in [0.4, 0.5) is 0 Å². The van der Waals surface area contributed by atoms with Crippen molar-refractivity contribution in [1.82, 2.24) is 20.1 Å². The van der Waals surface area contributed by atoms with Crippen LogP contribution in [-0.4, -0.2) is 67.1 Å². The largest absolute Gasteiger partial charge is 0.312 e. The number of likely N-dealkylation sites (N-methyl/N-ethyl adjacent to an activating group) is 2. The minimum atomic E-state index is 0.487. The minimum Gasteiger partial charge on any atom is -0.312 e. The molecule has 2 unspecified atom stereocenters. The Kier molecular flexibility index (Phi) is 6.61. The first kappa shape index (κ1) is 16.9. The molecule has 1 aromatic heterocycles. The molecule has 2 atom stereocenters. The Bertz CT molecular complexity index is 420. The Hall–Kier alpha value is -0.490. The molecule has 1 aromatic rings. The standard InChI is InChI=1S/C16H30N4S/c1-5-7-17-14(10-16-18-13(2)12-21-16)15-11-19(3)8-6-9-20(15)4/h12,14-15,17H,5-11H2,1-4H3. The summed E-state index contributed by atoms with van der Waals surface area (Å²) >= 11 is 1.80. The van der Waals surface area contributed by atoms with E-state index in [1.165, 1.54) is 30.9 Å². The lowest BCUT2D eigenvalue weighted by Crippen LogP contribution is -2.53. The van der Waals surface area contributed by atoms with Gasteiger partial charge in [0.25, 0.3) is 0 Å². The predicted molar refractivity (Wildman–Crippen MR) is 91.2 cm³/mol. The Morgan fingerprint density at radius 2 is 2.24 bits per heavy atom. The SMILES string of the molecule is CCCNC(Cc1nc(C)cs1)C1CN(C)CCCN1C. The Labute approximate surface area is 133 Å². The van der Waals surface area contributed by atoms with E-state index < -0.39 is 0 Å². The summed E-state index contributed by atoms with van der Waals surface area (Å²) < 4.78 is 0. The van der Waals surface area contributed by atoms with E-state index in [0.717, 1.165) is 25.2 Å². The summed E-state index contributed by atoms with van der Waals surface area (Å²) in [6, 6.07) is 1.05. The number of hydrogen-bond acceptors (Lipinski definition) is 5. The summed E-state index contributed by atoms with van der Waals surface area (Å²) in [4.78, 5) is 9.68. The number of thiazole rings is 1. The monoisotopic (exact) mass is 310 g/mol. The fraction of sp³-hybridized carbons (Fsp3) is 0.812. The maximum absolute atomic E-state index is 4.67. The Balaban J connectivity index is 2.08. The highest BCUT2D eigenvalue weighted by atomic mass is 32.1. The number of hydrogen-bond donors (Lipinski definition) is 1. The lowest BCUT2D eigenvalue weighted by Gasteiger charge is -2.35. The average Bonchev–Trinajstić information content (AvgIpc) is 2.78. The van der Waals surface area contributed by atoms with Crippen LogP contribution >= 0.6 is 11.3 Å². The summed E-state index contributed by atoms with van der Waals surface area (Å²) in [5.41, 5.74) is 1.15. The highest BCUT2D eigenvalue weighted by Gasteiger charge is 2.28. The maximum Gasteiger partial charge on any atom is 0.0944 e. The summed E-state index contributed by atoms with van der Waals surface area (Å²) in [6.45, 7) is 8.94. The van der Waals surface area contributed by atoms with E-state index in [0.29, 0.717) is 12.1 Å². The number of nitrogens with one attached hydrogen (secondary N) is 1. The maximum atomic E-state index is 4.67. The molecule has 0 aromatic carbocycles. The quantitative estimate of drug-likeness (QED) is 0.871. The van der Waals surface area contributed by atoms with Crippen molar-refractivity contribution < 1.29 is 0 Å². The predicted octanol–water partition coefficient (Wildman–Crippen LogP) is 2.00. The molecule has 4 nitrogen and oxygen atoms in total. The molecular weight excluding hydrogens is 280 g/mol. The van der Waals surface area contributed by atoms with Crippen molar-refractivity contribution in [2.45, 2.75) is 45.2 Å². The molecule has 1 aliphatic rings. The first-order valence-electron chi connectivity index (χ1n) is 8.13. The summed E-state index contributed by atoms with van der Waals surface area (Å²) in [5, 5.41) is 7.20. The van der Waals surface area contributed by atoms with Gasteiger partial charge in [-0.2, -0.15) is 0 Å². The van der Waals surface area contributed by atoms with E-state index in [9.17, 15) is 0 Å². The zero-order valence-electron chi connectivity index (χ0n) is 13.9. The lowest BCUT2D eigenvalue weighted by molar-refractivity contribution is 0.177. The van der Waals surface area contributed by atoms with E-state index in [4.69, 9.17) is 0 Å². The second-order valence-corrected chi connectivity index (χ2v) is 7.25. The molecule has 0 aliphatic carbocycles. The van der Waals surface area contributed by atoms with Crippen LogP contribution in [0, 0.1) is 6.92 Å². The molecule has 0 saturated carbocycles. The van der Waals surface area contributed by atoms with Gasteiger partial charge < -0.3 is 15.1 Å². The molecule has 2 rings (SSSR count). The first-order valence-corrected chi connectivity index (χ1v) is 9.01. The van der Waals surface area contributed by atoms with E-state index >= 15 is 0 Å². The Morgan fingerprint density at radius 1 is 1.43 bits per heavy atom. The molecule has 0 bridgehead atoms. The van der Waals surface area contributed by atoms with Crippen LogP contribution in [0.5, 0.6) is 0 Å². The van der Waals surface area contributed by atoms with Crippen molar-refractivity contribution in [2.24, 2.45) is 0 Å². The van der Waals surface area contributed by atoms with Crippen LogP contribution in [0.15, 0.2) is 5.38 Å². The van der Waals surface area contributed by atoms with Crippen LogP contribution in [0.1, 0.15) is 30.5 Å². The average molecular weight is 311 g/mol. The molecule has 0 amide bonds. The van der Waals surface area contributed by atoms with Gasteiger partial charge in [-0.15, -0.1) is 11.3 Å². The van der Waals surface area contributed by atoms with Crippen LogP contribution in [0.3, 0.4) is 0 Å². The highest BCUT2D eigenvalue weighted by molar-refractivity contribution is 7.09. The van der Waals surface area contributed by atoms with Crippen molar-refractivity contribution in [3.63, 3.8) is 0 Å². The van der Waals surface area contributed by atoms with Gasteiger partial charge in [0.05, 0.1) is 5.01 Å². The third-order valence-corrected chi connectivity index (χ3v) is 5.29. The van der Waals surface area contributed by atoms with E-state index in [2.05, 4.69) is 53.4 Å². The lowest BCUT2D eigenvalue weighted by atomic mass is 10.0. The summed E-state index contributed by atoms with van der Waals surface area (Å²) in [5.74, 6) is 0. The third kappa shape index (κ3) is 5.02. The van der Waals surface area contributed by atoms with E-state index in [1.54, 1.807) is 11.3 Å². The molecule has 1 N–H and O–H groups in total. The van der Waals surface area contributed by atoms with Crippen LogP contribution in [0.25, 0.3) is 0 Å². The van der Waals surface area contributed by atoms with Crippen molar-refractivity contribution in [2.75, 3.05) is 40.3 Å². The first-order chi connectivity index (χ1) is 10.1. The van der Waals surface area contributed by atoms with Crippen LogP contribution < -0.4 is 5.32 Å². The molecule has 2 heterocycles. The number of rotatable bonds is 6. The van der Waals surface area contributed by atoms with Crippen molar-refractivity contribution in [1.29, 1.82) is 0 Å². The Morgan fingerprint density at radius 3 is 2.90 bits per heavy atom. The van der Waals surface area contributed by atoms with Crippen molar-refractivity contribution >= 4 is 11.3 Å². The van der Waals surface area contributed by atoms with Gasteiger partial charge in [-0.25, -0.2) is 4.98 Å². The van der Waals surface area contributed by atoms with Gasteiger partial charge in [0, 0.05) is 36.1 Å². The van der Waals surface area contributed by atoms with E-state index in [-0.39, 0.29) is 0 Å². The molecule has 1 aliphatic heterocycles. The van der Waals surface area contributed by atoms with Crippen LogP contribution in [0.2, 0.25) is 0 Å². The number of aromatic nitrogens is 1. The third-order valence-electron chi connectivity index (χ3n) is 4.30. The molecular formula is C16H30N4S. The van der Waals surface area contributed by atoms with Gasteiger partial charge in [0.15, 0.2) is 0 Å². The van der Waals surface area contributed by atoms with Gasteiger partial charge in [0.1, 0.15) is 0 Å². The molecule has 1 saturated heterocycles. The summed E-state index contributed by atoms with van der Waals surface area (Å²) in [7, 11) is 4.52. The fourth-order valence-corrected chi connectivity index (χ4v) is 3.93. The normalized spacial score (nSPS) is 23.1. The van der Waals surface area contributed by atoms with Crippen molar-refractivity contribution in [3.05, 3.63) is 16.1 Å². The number of aryl methyl sites for hydroxylation is 1. The fourth-order valence-electron chi connectivity index (χ4n) is 3.10. The summed E-state index contributed by atoms with van der Waals surface area (Å²) in [6.07, 6.45) is 3.49. The van der Waals surface area contributed by atoms with Crippen LogP contribution in [-0.2, 0) is 6.42 Å². The molecule has 5 heteroatoms. The smallest absolute Gasteiger partial charge is 0.0944 e. The second-order valence-electron chi connectivity index (χ2n) is 6.31.